The lowest BCUT2D eigenvalue weighted by atomic mass is 9.95. The van der Waals surface area contributed by atoms with Gasteiger partial charge in [-0.25, -0.2) is 0 Å². The highest BCUT2D eigenvalue weighted by molar-refractivity contribution is 6.14. The Balaban J connectivity index is 1.52. The van der Waals surface area contributed by atoms with E-state index < -0.39 is 0 Å². The molecule has 1 fully saturated rings. The molecule has 0 aromatic carbocycles. The van der Waals surface area contributed by atoms with Crippen molar-refractivity contribution in [2.45, 2.75) is 44.6 Å². The molecule has 0 saturated heterocycles. The zero-order chi connectivity index (χ0) is 19.5. The molecule has 1 saturated carbocycles. The Morgan fingerprint density at radius 1 is 1.21 bits per heavy atom. The van der Waals surface area contributed by atoms with E-state index in [0.29, 0.717) is 16.6 Å². The van der Waals surface area contributed by atoms with Gasteiger partial charge in [-0.3, -0.25) is 19.4 Å². The first-order valence-corrected chi connectivity index (χ1v) is 9.71. The fraction of sp³-hybridized carbons (Fsp3) is 0.381. The minimum atomic E-state index is -0.0890. The van der Waals surface area contributed by atoms with Gasteiger partial charge in [0.15, 0.2) is 0 Å². The summed E-state index contributed by atoms with van der Waals surface area (Å²) in [4.78, 5) is 21.3. The number of carbonyl (C=O) groups excluding carboxylic acids is 1. The molecule has 4 rings (SSSR count). The van der Waals surface area contributed by atoms with Gasteiger partial charge in [0.1, 0.15) is 0 Å². The first-order valence-electron chi connectivity index (χ1n) is 9.71. The maximum Gasteiger partial charge on any atom is 0.226 e. The molecule has 0 aliphatic heterocycles. The lowest BCUT2D eigenvalue weighted by Crippen LogP contribution is -2.37. The van der Waals surface area contributed by atoms with Gasteiger partial charge in [-0.05, 0) is 25.0 Å². The van der Waals surface area contributed by atoms with Crippen LogP contribution in [0.3, 0.4) is 0 Å². The summed E-state index contributed by atoms with van der Waals surface area (Å²) in [6.07, 6.45) is 12.8. The van der Waals surface area contributed by atoms with Crippen LogP contribution in [0.1, 0.15) is 44.1 Å². The Labute approximate surface area is 163 Å². The first-order chi connectivity index (χ1) is 13.6. The van der Waals surface area contributed by atoms with Crippen LogP contribution >= 0.6 is 0 Å². The number of rotatable bonds is 5. The van der Waals surface area contributed by atoms with E-state index in [1.54, 1.807) is 29.3 Å². The molecule has 0 bridgehead atoms. The average molecular weight is 376 g/mol. The number of pyridine rings is 2. The van der Waals surface area contributed by atoms with Crippen LogP contribution in [0.25, 0.3) is 22.2 Å². The lowest BCUT2D eigenvalue weighted by Gasteiger charge is -2.22. The van der Waals surface area contributed by atoms with Gasteiger partial charge in [0.25, 0.3) is 0 Å². The zero-order valence-corrected chi connectivity index (χ0v) is 16.0. The van der Waals surface area contributed by atoms with Gasteiger partial charge in [0.2, 0.25) is 5.91 Å². The lowest BCUT2D eigenvalue weighted by molar-refractivity contribution is -0.120. The number of aryl methyl sites for hydroxylation is 1. The van der Waals surface area contributed by atoms with Crippen LogP contribution in [-0.4, -0.2) is 37.4 Å². The van der Waals surface area contributed by atoms with Gasteiger partial charge in [-0.15, -0.1) is 0 Å². The molecule has 7 nitrogen and oxygen atoms in total. The minimum absolute atomic E-state index is 0.0572. The smallest absolute Gasteiger partial charge is 0.226 e. The second kappa shape index (κ2) is 7.88. The van der Waals surface area contributed by atoms with Gasteiger partial charge < -0.3 is 10.7 Å². The molecule has 1 aliphatic carbocycles. The van der Waals surface area contributed by atoms with Gasteiger partial charge in [-0.1, -0.05) is 19.3 Å². The van der Waals surface area contributed by atoms with Crippen LogP contribution in [0.15, 0.2) is 36.9 Å². The molecule has 7 heteroatoms. The van der Waals surface area contributed by atoms with Crippen LogP contribution in [0, 0.1) is 5.41 Å². The van der Waals surface area contributed by atoms with E-state index >= 15 is 0 Å². The Hall–Kier alpha value is -3.09. The number of carbonyl (C=O) groups is 1. The largest absolute Gasteiger partial charge is 0.353 e. The zero-order valence-electron chi connectivity index (χ0n) is 16.0. The summed E-state index contributed by atoms with van der Waals surface area (Å²) >= 11 is 0. The molecule has 2 N–H and O–H groups in total. The van der Waals surface area contributed by atoms with Gasteiger partial charge >= 0.3 is 0 Å². The summed E-state index contributed by atoms with van der Waals surface area (Å²) in [5, 5.41) is 15.7. The van der Waals surface area contributed by atoms with Crippen molar-refractivity contribution in [2.75, 3.05) is 0 Å². The van der Waals surface area contributed by atoms with Crippen molar-refractivity contribution in [1.82, 2.24) is 25.1 Å². The van der Waals surface area contributed by atoms with Crippen molar-refractivity contribution >= 4 is 22.7 Å². The number of fused-ring (bicyclic) bond motifs is 1. The second-order valence-corrected chi connectivity index (χ2v) is 7.41. The standard InChI is InChI=1S/C21H24N6O/c1-27-13-15(12-25-27)14-9-19-21(24-11-14)17(7-8-23-19)18(22)10-20(28)26-16-5-3-2-4-6-16/h7-9,11-13,16,22H,2-6,10H2,1H3,(H,26,28). The van der Waals surface area contributed by atoms with Crippen LogP contribution in [0.5, 0.6) is 0 Å². The minimum Gasteiger partial charge on any atom is -0.353 e. The second-order valence-electron chi connectivity index (χ2n) is 7.41. The molecule has 1 aliphatic rings. The first kappa shape index (κ1) is 18.3. The third-order valence-electron chi connectivity index (χ3n) is 5.25. The molecule has 1 amide bonds. The topological polar surface area (TPSA) is 96.5 Å². The van der Waals surface area contributed by atoms with Gasteiger partial charge in [0, 0.05) is 48.4 Å². The fourth-order valence-electron chi connectivity index (χ4n) is 3.78. The Morgan fingerprint density at radius 3 is 2.79 bits per heavy atom. The highest BCUT2D eigenvalue weighted by Gasteiger charge is 2.18. The molecule has 0 unspecified atom stereocenters. The Bertz CT molecular complexity index is 1020. The van der Waals surface area contributed by atoms with Crippen molar-refractivity contribution < 1.29 is 4.79 Å². The summed E-state index contributed by atoms with van der Waals surface area (Å²) in [5.74, 6) is -0.0890. The summed E-state index contributed by atoms with van der Waals surface area (Å²) in [6, 6.07) is 3.96. The quantitative estimate of drug-likeness (QED) is 0.668. The van der Waals surface area contributed by atoms with Crippen molar-refractivity contribution in [3.8, 4) is 11.1 Å². The van der Waals surface area contributed by atoms with E-state index in [2.05, 4.69) is 20.4 Å². The summed E-state index contributed by atoms with van der Waals surface area (Å²) in [7, 11) is 1.87. The molecule has 0 radical (unpaired) electrons. The summed E-state index contributed by atoms with van der Waals surface area (Å²) in [6.45, 7) is 0. The molecule has 0 spiro atoms. The van der Waals surface area contributed by atoms with Crippen LogP contribution in [0.2, 0.25) is 0 Å². The van der Waals surface area contributed by atoms with Crippen LogP contribution in [0.4, 0.5) is 0 Å². The van der Waals surface area contributed by atoms with Crippen molar-refractivity contribution in [3.05, 3.63) is 42.5 Å². The predicted octanol–water partition coefficient (Wildman–Crippen LogP) is 3.24. The highest BCUT2D eigenvalue weighted by atomic mass is 16.1. The van der Waals surface area contributed by atoms with Crippen molar-refractivity contribution in [1.29, 1.82) is 5.41 Å². The van der Waals surface area contributed by atoms with E-state index in [1.165, 1.54) is 19.3 Å². The molecular weight excluding hydrogens is 352 g/mol. The molecule has 144 valence electrons. The van der Waals surface area contributed by atoms with E-state index in [9.17, 15) is 4.79 Å². The Kier molecular flexibility index (Phi) is 5.14. The van der Waals surface area contributed by atoms with Gasteiger partial charge in [-0.2, -0.15) is 5.10 Å². The average Bonchev–Trinajstić information content (AvgIpc) is 3.14. The van der Waals surface area contributed by atoms with Crippen LogP contribution in [-0.2, 0) is 11.8 Å². The maximum atomic E-state index is 12.4. The van der Waals surface area contributed by atoms with E-state index in [4.69, 9.17) is 5.41 Å². The van der Waals surface area contributed by atoms with E-state index in [0.717, 1.165) is 24.0 Å². The van der Waals surface area contributed by atoms with Crippen molar-refractivity contribution in [2.24, 2.45) is 7.05 Å². The van der Waals surface area contributed by atoms with Crippen LogP contribution < -0.4 is 5.32 Å². The molecule has 3 aromatic heterocycles. The van der Waals surface area contributed by atoms with E-state index in [-0.39, 0.29) is 24.1 Å². The van der Waals surface area contributed by atoms with E-state index in [1.807, 2.05) is 19.3 Å². The number of amides is 1. The van der Waals surface area contributed by atoms with Crippen molar-refractivity contribution in [3.63, 3.8) is 0 Å². The summed E-state index contributed by atoms with van der Waals surface area (Å²) in [5.41, 5.74) is 4.16. The van der Waals surface area contributed by atoms with Gasteiger partial charge in [0.05, 0.1) is 29.4 Å². The normalized spacial score (nSPS) is 14.9. The predicted molar refractivity (Wildman–Crippen MR) is 108 cm³/mol. The third-order valence-corrected chi connectivity index (χ3v) is 5.25. The number of nitrogens with one attached hydrogen (secondary N) is 2. The fourth-order valence-corrected chi connectivity index (χ4v) is 3.78. The Morgan fingerprint density at radius 2 is 2.04 bits per heavy atom. The molecule has 3 heterocycles. The molecular formula is C21H24N6O. The monoisotopic (exact) mass is 376 g/mol. The molecule has 28 heavy (non-hydrogen) atoms. The molecule has 3 aromatic rings. The summed E-state index contributed by atoms with van der Waals surface area (Å²) < 4.78 is 1.74. The highest BCUT2D eigenvalue weighted by Crippen LogP contribution is 2.23. The number of aromatic nitrogens is 4. The number of hydrogen-bond acceptors (Lipinski definition) is 5. The number of hydrogen-bond donors (Lipinski definition) is 2. The third kappa shape index (κ3) is 3.93. The SMILES string of the molecule is Cn1cc(-c2cnc3c(C(=N)CC(=O)NC4CCCCC4)ccnc3c2)cn1. The number of nitrogens with zero attached hydrogens (tertiary/aromatic N) is 4. The molecule has 0 atom stereocenters. The maximum absolute atomic E-state index is 12.4.